The van der Waals surface area contributed by atoms with Crippen molar-refractivity contribution in [3.05, 3.63) is 45.2 Å². The molecule has 0 N–H and O–H groups in total. The highest BCUT2D eigenvalue weighted by atomic mass is 35.5. The lowest BCUT2D eigenvalue weighted by molar-refractivity contribution is -0.137. The van der Waals surface area contributed by atoms with E-state index in [-0.39, 0.29) is 21.4 Å². The Morgan fingerprint density at radius 3 is 2.33 bits per heavy atom. The second-order valence-electron chi connectivity index (χ2n) is 6.39. The highest BCUT2D eigenvalue weighted by Gasteiger charge is 2.63. The summed E-state index contributed by atoms with van der Waals surface area (Å²) in [6, 6.07) is 3.68. The van der Waals surface area contributed by atoms with Crippen LogP contribution in [0.4, 0.5) is 13.2 Å². The van der Waals surface area contributed by atoms with Crippen LogP contribution in [-0.4, -0.2) is 9.78 Å². The van der Waals surface area contributed by atoms with Crippen LogP contribution < -0.4 is 0 Å². The quantitative estimate of drug-likeness (QED) is 0.714. The maximum absolute atomic E-state index is 12.8. The summed E-state index contributed by atoms with van der Waals surface area (Å²) in [6.45, 7) is 0. The van der Waals surface area contributed by atoms with Crippen molar-refractivity contribution in [3.8, 4) is 11.8 Å². The maximum atomic E-state index is 12.8. The van der Waals surface area contributed by atoms with E-state index in [9.17, 15) is 18.4 Å². The van der Waals surface area contributed by atoms with Crippen molar-refractivity contribution < 1.29 is 13.2 Å². The van der Waals surface area contributed by atoms with Crippen molar-refractivity contribution >= 4 is 23.2 Å². The van der Waals surface area contributed by atoms with E-state index < -0.39 is 11.7 Å². The molecule has 2 aromatic rings. The molecule has 1 heterocycles. The molecule has 1 unspecified atom stereocenters. The highest BCUT2D eigenvalue weighted by molar-refractivity contribution is 6.37. The van der Waals surface area contributed by atoms with E-state index >= 15 is 0 Å². The Kier molecular flexibility index (Phi) is 3.23. The van der Waals surface area contributed by atoms with Crippen LogP contribution >= 0.6 is 23.2 Å². The first-order valence-electron chi connectivity index (χ1n) is 7.31. The first-order chi connectivity index (χ1) is 11.2. The summed E-state index contributed by atoms with van der Waals surface area (Å²) in [5, 5.41) is 13.1. The third-order valence-electron chi connectivity index (χ3n) is 4.88. The number of hydrogen-bond acceptors (Lipinski definition) is 2. The van der Waals surface area contributed by atoms with Gasteiger partial charge in [-0.25, -0.2) is 4.68 Å². The van der Waals surface area contributed by atoms with Gasteiger partial charge in [0.1, 0.15) is 11.8 Å². The molecule has 2 aliphatic carbocycles. The molecule has 0 bridgehead atoms. The molecule has 4 rings (SSSR count). The molecule has 2 aliphatic rings. The average molecular weight is 372 g/mol. The monoisotopic (exact) mass is 371 g/mol. The second-order valence-corrected chi connectivity index (χ2v) is 7.21. The lowest BCUT2D eigenvalue weighted by atomic mass is 10.1. The molecule has 8 heteroatoms. The minimum absolute atomic E-state index is 0.152. The minimum Gasteiger partial charge on any atom is -0.236 e. The Morgan fingerprint density at radius 1 is 1.25 bits per heavy atom. The van der Waals surface area contributed by atoms with Gasteiger partial charge in [0.05, 0.1) is 15.6 Å². The van der Waals surface area contributed by atoms with E-state index in [2.05, 4.69) is 5.10 Å². The summed E-state index contributed by atoms with van der Waals surface area (Å²) >= 11 is 12.0. The van der Waals surface area contributed by atoms with Crippen molar-refractivity contribution in [1.82, 2.24) is 9.78 Å². The van der Waals surface area contributed by atoms with Crippen molar-refractivity contribution in [2.24, 2.45) is 5.41 Å². The molecule has 2 saturated carbocycles. The molecule has 0 amide bonds. The third-order valence-corrected chi connectivity index (χ3v) is 5.46. The van der Waals surface area contributed by atoms with Crippen LogP contribution in [0.15, 0.2) is 18.3 Å². The highest BCUT2D eigenvalue weighted by Crippen LogP contribution is 2.75. The SMILES string of the molecule is N#Cc1nn(-c2c(Cl)cc(C(F)(F)F)cc2Cl)cc1C1CC12CC2. The minimum atomic E-state index is -4.54. The van der Waals surface area contributed by atoms with Crippen molar-refractivity contribution in [2.45, 2.75) is 31.4 Å². The summed E-state index contributed by atoms with van der Waals surface area (Å²) in [4.78, 5) is 0. The summed E-state index contributed by atoms with van der Waals surface area (Å²) in [7, 11) is 0. The van der Waals surface area contributed by atoms with Crippen molar-refractivity contribution in [2.75, 3.05) is 0 Å². The van der Waals surface area contributed by atoms with Gasteiger partial charge in [0.2, 0.25) is 0 Å². The zero-order valence-corrected chi connectivity index (χ0v) is 13.7. The maximum Gasteiger partial charge on any atom is 0.416 e. The predicted molar refractivity (Wildman–Crippen MR) is 82.3 cm³/mol. The van der Waals surface area contributed by atoms with Crippen molar-refractivity contribution in [3.63, 3.8) is 0 Å². The van der Waals surface area contributed by atoms with E-state index in [1.54, 1.807) is 6.20 Å². The molecule has 0 saturated heterocycles. The molecular weight excluding hydrogens is 362 g/mol. The number of benzene rings is 1. The molecule has 24 heavy (non-hydrogen) atoms. The average Bonchev–Trinajstić information content (AvgIpc) is 3.38. The Hall–Kier alpha value is -1.71. The predicted octanol–water partition coefficient (Wildman–Crippen LogP) is 5.34. The lowest BCUT2D eigenvalue weighted by Gasteiger charge is -2.12. The van der Waals surface area contributed by atoms with E-state index in [0.717, 1.165) is 37.0 Å². The standard InChI is InChI=1S/C16H10Cl2F3N3/c17-11-3-8(16(19,20)21)4-12(18)14(11)24-7-9(13(6-22)23-24)10-5-15(10)1-2-15/h3-4,7,10H,1-2,5H2. The summed E-state index contributed by atoms with van der Waals surface area (Å²) < 4.78 is 39.8. The van der Waals surface area contributed by atoms with Gasteiger partial charge in [0.25, 0.3) is 0 Å². The van der Waals surface area contributed by atoms with Gasteiger partial charge in [0.15, 0.2) is 5.69 Å². The summed E-state index contributed by atoms with van der Waals surface area (Å²) in [5.41, 5.74) is 0.651. The fraction of sp³-hybridized carbons (Fsp3) is 0.375. The first kappa shape index (κ1) is 15.8. The molecular formula is C16H10Cl2F3N3. The number of halogens is 5. The molecule has 2 fully saturated rings. The smallest absolute Gasteiger partial charge is 0.236 e. The van der Waals surface area contributed by atoms with Gasteiger partial charge in [-0.3, -0.25) is 0 Å². The number of rotatable bonds is 2. The van der Waals surface area contributed by atoms with Crippen LogP contribution in [0.25, 0.3) is 5.69 Å². The van der Waals surface area contributed by atoms with Crippen LogP contribution in [0.5, 0.6) is 0 Å². The fourth-order valence-electron chi connectivity index (χ4n) is 3.29. The second kappa shape index (κ2) is 4.90. The number of nitriles is 1. The molecule has 124 valence electrons. The Balaban J connectivity index is 1.78. The van der Waals surface area contributed by atoms with Gasteiger partial charge in [-0.15, -0.1) is 0 Å². The molecule has 3 nitrogen and oxygen atoms in total. The molecule has 1 atom stereocenters. The summed E-state index contributed by atoms with van der Waals surface area (Å²) in [6.07, 6.45) is 0.453. The molecule has 1 aromatic carbocycles. The number of hydrogen-bond donors (Lipinski definition) is 0. The normalized spacial score (nSPS) is 20.9. The van der Waals surface area contributed by atoms with E-state index in [1.807, 2.05) is 6.07 Å². The number of nitrogens with zero attached hydrogens (tertiary/aromatic N) is 3. The van der Waals surface area contributed by atoms with Crippen LogP contribution in [0.3, 0.4) is 0 Å². The van der Waals surface area contributed by atoms with Gasteiger partial charge in [0, 0.05) is 11.8 Å². The van der Waals surface area contributed by atoms with Crippen LogP contribution in [0.2, 0.25) is 10.0 Å². The summed E-state index contributed by atoms with van der Waals surface area (Å²) in [5.74, 6) is 0.299. The largest absolute Gasteiger partial charge is 0.416 e. The molecule has 0 aliphatic heterocycles. The molecule has 0 radical (unpaired) electrons. The Morgan fingerprint density at radius 2 is 1.88 bits per heavy atom. The number of alkyl halides is 3. The van der Waals surface area contributed by atoms with Gasteiger partial charge in [-0.05, 0) is 42.7 Å². The van der Waals surface area contributed by atoms with Crippen LogP contribution in [0, 0.1) is 16.7 Å². The van der Waals surface area contributed by atoms with Crippen LogP contribution in [0.1, 0.15) is 42.0 Å². The van der Waals surface area contributed by atoms with Gasteiger partial charge < -0.3 is 0 Å². The van der Waals surface area contributed by atoms with E-state index in [4.69, 9.17) is 23.2 Å². The lowest BCUT2D eigenvalue weighted by Crippen LogP contribution is -2.07. The van der Waals surface area contributed by atoms with E-state index in [0.29, 0.717) is 11.3 Å². The van der Waals surface area contributed by atoms with Crippen molar-refractivity contribution in [1.29, 1.82) is 5.26 Å². The van der Waals surface area contributed by atoms with Crippen LogP contribution in [-0.2, 0) is 6.18 Å². The fourth-order valence-corrected chi connectivity index (χ4v) is 3.95. The Bertz CT molecular complexity index is 868. The first-order valence-corrected chi connectivity index (χ1v) is 8.07. The van der Waals surface area contributed by atoms with Gasteiger partial charge >= 0.3 is 6.18 Å². The van der Waals surface area contributed by atoms with Gasteiger partial charge in [-0.1, -0.05) is 23.2 Å². The third kappa shape index (κ3) is 2.38. The topological polar surface area (TPSA) is 41.6 Å². The van der Waals surface area contributed by atoms with Gasteiger partial charge in [-0.2, -0.15) is 23.5 Å². The zero-order chi connectivity index (χ0) is 17.3. The molecule has 1 aromatic heterocycles. The molecule has 1 spiro atoms. The van der Waals surface area contributed by atoms with E-state index in [1.165, 1.54) is 4.68 Å². The zero-order valence-electron chi connectivity index (χ0n) is 12.2. The number of aromatic nitrogens is 2. The Labute approximate surface area is 145 Å².